The molecule has 6 heteroatoms. The predicted molar refractivity (Wildman–Crippen MR) is 67.0 cm³/mol. The second-order valence-electron chi connectivity index (χ2n) is 3.52. The van der Waals surface area contributed by atoms with Crippen molar-refractivity contribution in [1.82, 2.24) is 4.72 Å². The quantitative estimate of drug-likeness (QED) is 0.489. The average Bonchev–Trinajstić information content (AvgIpc) is 2.29. The summed E-state index contributed by atoms with van der Waals surface area (Å²) in [4.78, 5) is 11.2. The van der Waals surface area contributed by atoms with Gasteiger partial charge in [0.05, 0.1) is 4.90 Å². The van der Waals surface area contributed by atoms with Crippen LogP contribution in [0.4, 0.5) is 0 Å². The second-order valence-corrected chi connectivity index (χ2v) is 5.67. The number of hydrogen-bond acceptors (Lipinski definition) is 3. The highest BCUT2D eigenvalue weighted by Gasteiger charge is 2.13. The van der Waals surface area contributed by atoms with E-state index in [1.165, 1.54) is 31.2 Å². The van der Waals surface area contributed by atoms with Gasteiger partial charge in [0.15, 0.2) is 5.78 Å². The fourth-order valence-corrected chi connectivity index (χ4v) is 2.43. The lowest BCUT2D eigenvalue weighted by Crippen LogP contribution is -2.25. The van der Waals surface area contributed by atoms with E-state index in [0.717, 1.165) is 0 Å². The SMILES string of the molecule is CC(=O)c1ccc(S(=O)(=O)NCCCCl)cc1. The fraction of sp³-hybridized carbons (Fsp3) is 0.364. The highest BCUT2D eigenvalue weighted by atomic mass is 35.5. The Hall–Kier alpha value is -0.910. The Kier molecular flexibility index (Phi) is 5.11. The van der Waals surface area contributed by atoms with Crippen LogP contribution < -0.4 is 4.72 Å². The third kappa shape index (κ3) is 4.11. The second kappa shape index (κ2) is 6.14. The van der Waals surface area contributed by atoms with Crippen LogP contribution in [0.1, 0.15) is 23.7 Å². The largest absolute Gasteiger partial charge is 0.295 e. The van der Waals surface area contributed by atoms with Crippen LogP contribution in [-0.2, 0) is 10.0 Å². The smallest absolute Gasteiger partial charge is 0.240 e. The number of Topliss-reactive ketones (excluding diaryl/α,β-unsaturated/α-hetero) is 1. The fourth-order valence-electron chi connectivity index (χ4n) is 1.23. The van der Waals surface area contributed by atoms with Gasteiger partial charge in [-0.1, -0.05) is 12.1 Å². The van der Waals surface area contributed by atoms with Crippen LogP contribution in [0.15, 0.2) is 29.2 Å². The molecule has 94 valence electrons. The summed E-state index contributed by atoms with van der Waals surface area (Å²) in [6.45, 7) is 1.74. The number of rotatable bonds is 6. The van der Waals surface area contributed by atoms with E-state index < -0.39 is 10.0 Å². The van der Waals surface area contributed by atoms with Crippen molar-refractivity contribution in [3.05, 3.63) is 29.8 Å². The Morgan fingerprint density at radius 2 is 1.88 bits per heavy atom. The van der Waals surface area contributed by atoms with Crippen molar-refractivity contribution in [3.63, 3.8) is 0 Å². The van der Waals surface area contributed by atoms with Gasteiger partial charge in [0.25, 0.3) is 0 Å². The highest BCUT2D eigenvalue weighted by Crippen LogP contribution is 2.10. The van der Waals surface area contributed by atoms with Crippen molar-refractivity contribution in [1.29, 1.82) is 0 Å². The first-order valence-electron chi connectivity index (χ1n) is 5.14. The van der Waals surface area contributed by atoms with Crippen molar-refractivity contribution in [2.45, 2.75) is 18.2 Å². The van der Waals surface area contributed by atoms with Crippen LogP contribution in [-0.4, -0.2) is 26.6 Å². The lowest BCUT2D eigenvalue weighted by atomic mass is 10.2. The molecule has 0 fully saturated rings. The zero-order valence-electron chi connectivity index (χ0n) is 9.44. The summed E-state index contributed by atoms with van der Waals surface area (Å²) in [5.74, 6) is 0.315. The van der Waals surface area contributed by atoms with Crippen molar-refractivity contribution in [2.24, 2.45) is 0 Å². The van der Waals surface area contributed by atoms with Crippen LogP contribution in [0.5, 0.6) is 0 Å². The van der Waals surface area contributed by atoms with E-state index in [2.05, 4.69) is 4.72 Å². The molecule has 0 bridgehead atoms. The Morgan fingerprint density at radius 3 is 2.35 bits per heavy atom. The Bertz CT molecular complexity index is 482. The Labute approximate surface area is 106 Å². The maximum absolute atomic E-state index is 11.7. The summed E-state index contributed by atoms with van der Waals surface area (Å²) in [6, 6.07) is 5.83. The van der Waals surface area contributed by atoms with Crippen molar-refractivity contribution in [2.75, 3.05) is 12.4 Å². The third-order valence-corrected chi connectivity index (χ3v) is 3.92. The normalized spacial score (nSPS) is 11.4. The van der Waals surface area contributed by atoms with Crippen LogP contribution >= 0.6 is 11.6 Å². The predicted octanol–water partition coefficient (Wildman–Crippen LogP) is 1.80. The van der Waals surface area contributed by atoms with E-state index in [4.69, 9.17) is 11.6 Å². The van der Waals surface area contributed by atoms with Gasteiger partial charge in [-0.25, -0.2) is 13.1 Å². The van der Waals surface area contributed by atoms with Crippen LogP contribution in [0.2, 0.25) is 0 Å². The Balaban J connectivity index is 2.81. The number of hydrogen-bond donors (Lipinski definition) is 1. The summed E-state index contributed by atoms with van der Waals surface area (Å²) in [5.41, 5.74) is 0.490. The minimum absolute atomic E-state index is 0.0935. The molecule has 0 saturated carbocycles. The molecule has 1 N–H and O–H groups in total. The van der Waals surface area contributed by atoms with E-state index in [1.54, 1.807) is 0 Å². The van der Waals surface area contributed by atoms with Gasteiger partial charge in [0, 0.05) is 18.0 Å². The summed E-state index contributed by atoms with van der Waals surface area (Å²) in [6.07, 6.45) is 0.576. The molecule has 0 aromatic heterocycles. The molecule has 0 heterocycles. The van der Waals surface area contributed by atoms with Gasteiger partial charge in [-0.15, -0.1) is 11.6 Å². The van der Waals surface area contributed by atoms with Crippen molar-refractivity contribution in [3.8, 4) is 0 Å². The van der Waals surface area contributed by atoms with Crippen LogP contribution in [0, 0.1) is 0 Å². The summed E-state index contributed by atoms with van der Waals surface area (Å²) >= 11 is 5.46. The minimum Gasteiger partial charge on any atom is -0.295 e. The lowest BCUT2D eigenvalue weighted by Gasteiger charge is -2.06. The molecule has 0 unspecified atom stereocenters. The number of carbonyl (C=O) groups is 1. The van der Waals surface area contributed by atoms with Gasteiger partial charge in [-0.05, 0) is 25.5 Å². The number of alkyl halides is 1. The molecule has 0 radical (unpaired) electrons. The van der Waals surface area contributed by atoms with E-state index in [-0.39, 0.29) is 10.7 Å². The van der Waals surface area contributed by atoms with Gasteiger partial charge in [0.2, 0.25) is 10.0 Å². The van der Waals surface area contributed by atoms with Gasteiger partial charge < -0.3 is 0 Å². The topological polar surface area (TPSA) is 63.2 Å². The first-order chi connectivity index (χ1) is 7.97. The van der Waals surface area contributed by atoms with Gasteiger partial charge in [-0.2, -0.15) is 0 Å². The molecular formula is C11H14ClNO3S. The highest BCUT2D eigenvalue weighted by molar-refractivity contribution is 7.89. The first kappa shape index (κ1) is 14.2. The molecule has 1 aromatic carbocycles. The lowest BCUT2D eigenvalue weighted by molar-refractivity contribution is 0.101. The van der Waals surface area contributed by atoms with Gasteiger partial charge in [-0.3, -0.25) is 4.79 Å². The third-order valence-electron chi connectivity index (χ3n) is 2.17. The molecule has 0 spiro atoms. The summed E-state index contributed by atoms with van der Waals surface area (Å²) in [7, 11) is -3.49. The zero-order valence-corrected chi connectivity index (χ0v) is 11.0. The molecule has 17 heavy (non-hydrogen) atoms. The molecule has 0 amide bonds. The van der Waals surface area contributed by atoms with E-state index in [9.17, 15) is 13.2 Å². The average molecular weight is 276 g/mol. The summed E-state index contributed by atoms with van der Waals surface area (Å²) in [5, 5.41) is 0. The number of sulfonamides is 1. The zero-order chi connectivity index (χ0) is 12.9. The van der Waals surface area contributed by atoms with Crippen LogP contribution in [0.3, 0.4) is 0 Å². The number of benzene rings is 1. The molecule has 0 atom stereocenters. The molecule has 0 aliphatic carbocycles. The summed E-state index contributed by atoms with van der Waals surface area (Å²) < 4.78 is 25.9. The minimum atomic E-state index is -3.49. The maximum Gasteiger partial charge on any atom is 0.240 e. The van der Waals surface area contributed by atoms with E-state index in [1.807, 2.05) is 0 Å². The van der Waals surface area contributed by atoms with E-state index in [0.29, 0.717) is 24.4 Å². The molecule has 1 rings (SSSR count). The molecule has 0 saturated heterocycles. The molecule has 4 nitrogen and oxygen atoms in total. The molecule has 1 aromatic rings. The van der Waals surface area contributed by atoms with Crippen molar-refractivity contribution < 1.29 is 13.2 Å². The molecular weight excluding hydrogens is 262 g/mol. The monoisotopic (exact) mass is 275 g/mol. The Morgan fingerprint density at radius 1 is 1.29 bits per heavy atom. The number of carbonyl (C=O) groups excluding carboxylic acids is 1. The van der Waals surface area contributed by atoms with Gasteiger partial charge >= 0.3 is 0 Å². The van der Waals surface area contributed by atoms with E-state index >= 15 is 0 Å². The van der Waals surface area contributed by atoms with Gasteiger partial charge in [0.1, 0.15) is 0 Å². The number of halogens is 1. The van der Waals surface area contributed by atoms with Crippen molar-refractivity contribution >= 4 is 27.4 Å². The molecule has 0 aliphatic heterocycles. The first-order valence-corrected chi connectivity index (χ1v) is 7.16. The maximum atomic E-state index is 11.7. The molecule has 0 aliphatic rings. The standard InChI is InChI=1S/C11H14ClNO3S/c1-9(14)10-3-5-11(6-4-10)17(15,16)13-8-2-7-12/h3-6,13H,2,7-8H2,1H3. The van der Waals surface area contributed by atoms with Crippen LogP contribution in [0.25, 0.3) is 0 Å². The number of ketones is 1. The number of nitrogens with one attached hydrogen (secondary N) is 1.